The third kappa shape index (κ3) is 10.3. The Hall–Kier alpha value is -5.03. The van der Waals surface area contributed by atoms with Crippen molar-refractivity contribution in [2.45, 2.75) is 83.1 Å². The van der Waals surface area contributed by atoms with Gasteiger partial charge < -0.3 is 30.9 Å². The molecule has 0 fully saturated rings. The Labute approximate surface area is 299 Å². The van der Waals surface area contributed by atoms with Gasteiger partial charge in [-0.1, -0.05) is 136 Å². The summed E-state index contributed by atoms with van der Waals surface area (Å²) in [6, 6.07) is 31.7. The quantitative estimate of drug-likeness (QED) is 0.115. The number of rotatable bonds is 14. The number of amides is 3. The molecule has 1 aliphatic rings. The van der Waals surface area contributed by atoms with Gasteiger partial charge in [0.25, 0.3) is 0 Å². The van der Waals surface area contributed by atoms with E-state index in [2.05, 4.69) is 21.3 Å². The normalized spacial score (nSPS) is 17.7. The predicted octanol–water partition coefficient (Wildman–Crippen LogP) is 4.35. The lowest BCUT2D eigenvalue weighted by Gasteiger charge is -2.35. The first kappa shape index (κ1) is 37.2. The molecule has 5 rings (SSSR count). The molecule has 6 N–H and O–H groups in total. The van der Waals surface area contributed by atoms with Crippen LogP contribution < -0.4 is 21.3 Å². The van der Waals surface area contributed by atoms with E-state index < -0.39 is 59.7 Å². The van der Waals surface area contributed by atoms with Crippen molar-refractivity contribution in [3.05, 3.63) is 143 Å². The van der Waals surface area contributed by atoms with Gasteiger partial charge in [-0.3, -0.25) is 14.9 Å². The SMILES string of the molecule is CC(C)(C)[C@H](NC(=O)OCc1ccccc1)C(=O)N[C@@H](Cc1ccccc1)[C@@H](O)[C@@H](NCc1ccccc1)C(=O)N[C@@H]1c2ccccc2CC1O. The Morgan fingerprint density at radius 2 is 1.33 bits per heavy atom. The average Bonchev–Trinajstić information content (AvgIpc) is 3.44. The van der Waals surface area contributed by atoms with Crippen molar-refractivity contribution in [2.75, 3.05) is 0 Å². The lowest BCUT2D eigenvalue weighted by molar-refractivity contribution is -0.131. The molecule has 0 saturated carbocycles. The Kier molecular flexibility index (Phi) is 12.6. The average molecular weight is 693 g/mol. The highest BCUT2D eigenvalue weighted by Gasteiger charge is 2.40. The highest BCUT2D eigenvalue weighted by Crippen LogP contribution is 2.31. The van der Waals surface area contributed by atoms with E-state index >= 15 is 0 Å². The summed E-state index contributed by atoms with van der Waals surface area (Å²) in [5.41, 5.74) is 3.54. The van der Waals surface area contributed by atoms with Crippen molar-refractivity contribution in [2.24, 2.45) is 5.41 Å². The van der Waals surface area contributed by atoms with Crippen molar-refractivity contribution in [3.63, 3.8) is 0 Å². The molecule has 10 nitrogen and oxygen atoms in total. The van der Waals surface area contributed by atoms with Gasteiger partial charge in [-0.2, -0.15) is 0 Å². The molecule has 0 aliphatic heterocycles. The van der Waals surface area contributed by atoms with Crippen molar-refractivity contribution in [1.29, 1.82) is 0 Å². The molecule has 1 unspecified atom stereocenters. The minimum Gasteiger partial charge on any atom is -0.445 e. The molecule has 10 heteroatoms. The summed E-state index contributed by atoms with van der Waals surface area (Å²) in [5, 5.41) is 34.9. The van der Waals surface area contributed by atoms with E-state index in [0.717, 1.165) is 27.8 Å². The second-order valence-corrected chi connectivity index (χ2v) is 14.1. The van der Waals surface area contributed by atoms with E-state index in [4.69, 9.17) is 4.74 Å². The van der Waals surface area contributed by atoms with Crippen LogP contribution in [0.2, 0.25) is 0 Å². The second-order valence-electron chi connectivity index (χ2n) is 14.1. The minimum atomic E-state index is -1.43. The minimum absolute atomic E-state index is 0.0323. The fourth-order valence-electron chi connectivity index (χ4n) is 6.36. The van der Waals surface area contributed by atoms with Gasteiger partial charge in [0.2, 0.25) is 11.8 Å². The maximum absolute atomic E-state index is 14.2. The van der Waals surface area contributed by atoms with Gasteiger partial charge in [-0.15, -0.1) is 0 Å². The standard InChI is InChI=1S/C41H48N4O6/c1-41(2,3)37(45-40(50)51-26-29-19-11-6-12-20-29)39(49)43-32(23-27-15-7-4-8-16-27)36(47)35(42-25-28-17-9-5-10-18-28)38(48)44-34-31-22-14-13-21-30(31)24-33(34)46/h4-22,32-37,42,46-47H,23-26H2,1-3H3,(H,43,49)(H,44,48)(H,45,50)/t32-,33?,34+,35+,36+,37+/m0/s1. The van der Waals surface area contributed by atoms with E-state index in [-0.39, 0.29) is 19.6 Å². The van der Waals surface area contributed by atoms with Crippen molar-refractivity contribution >= 4 is 17.9 Å². The van der Waals surface area contributed by atoms with Crippen LogP contribution >= 0.6 is 0 Å². The van der Waals surface area contributed by atoms with Crippen molar-refractivity contribution < 1.29 is 29.3 Å². The lowest BCUT2D eigenvalue weighted by Crippen LogP contribution is -2.62. The number of hydrogen-bond donors (Lipinski definition) is 6. The lowest BCUT2D eigenvalue weighted by atomic mass is 9.85. The van der Waals surface area contributed by atoms with Crippen molar-refractivity contribution in [1.82, 2.24) is 21.3 Å². The molecule has 0 heterocycles. The third-order valence-electron chi connectivity index (χ3n) is 9.14. The zero-order valence-corrected chi connectivity index (χ0v) is 29.3. The first-order valence-corrected chi connectivity index (χ1v) is 17.3. The smallest absolute Gasteiger partial charge is 0.408 e. The number of aliphatic hydroxyl groups excluding tert-OH is 2. The number of carbonyl (C=O) groups is 3. The number of fused-ring (bicyclic) bond motifs is 1. The van der Waals surface area contributed by atoms with Crippen LogP contribution in [-0.2, 0) is 40.3 Å². The summed E-state index contributed by atoms with van der Waals surface area (Å²) in [6.07, 6.45) is -2.44. The van der Waals surface area contributed by atoms with Crippen molar-refractivity contribution in [3.8, 4) is 0 Å². The zero-order chi connectivity index (χ0) is 36.4. The first-order chi connectivity index (χ1) is 24.5. The number of hydrogen-bond acceptors (Lipinski definition) is 7. The van der Waals surface area contributed by atoms with Gasteiger partial charge in [0.15, 0.2) is 0 Å². The fourth-order valence-corrected chi connectivity index (χ4v) is 6.36. The molecule has 0 spiro atoms. The summed E-state index contributed by atoms with van der Waals surface area (Å²) >= 11 is 0. The number of ether oxygens (including phenoxy) is 1. The highest BCUT2D eigenvalue weighted by atomic mass is 16.5. The molecule has 51 heavy (non-hydrogen) atoms. The van der Waals surface area contributed by atoms with Crippen LogP contribution in [0.5, 0.6) is 0 Å². The van der Waals surface area contributed by atoms with Gasteiger partial charge >= 0.3 is 6.09 Å². The van der Waals surface area contributed by atoms with Crippen LogP contribution in [0.1, 0.15) is 54.6 Å². The molecule has 0 bridgehead atoms. The molecular formula is C41H48N4O6. The van der Waals surface area contributed by atoms with E-state index in [0.29, 0.717) is 6.42 Å². The molecular weight excluding hydrogens is 644 g/mol. The summed E-state index contributed by atoms with van der Waals surface area (Å²) in [7, 11) is 0. The van der Waals surface area contributed by atoms with E-state index in [1.165, 1.54) is 0 Å². The van der Waals surface area contributed by atoms with Gasteiger partial charge in [-0.25, -0.2) is 4.79 Å². The largest absolute Gasteiger partial charge is 0.445 e. The number of carbonyl (C=O) groups excluding carboxylic acids is 3. The number of benzene rings is 4. The van der Waals surface area contributed by atoms with E-state index in [1.807, 2.05) is 136 Å². The highest BCUT2D eigenvalue weighted by molar-refractivity contribution is 5.87. The molecule has 0 aromatic heterocycles. The molecule has 4 aromatic carbocycles. The van der Waals surface area contributed by atoms with Crippen LogP contribution in [0, 0.1) is 5.41 Å². The molecule has 268 valence electrons. The van der Waals surface area contributed by atoms with Crippen LogP contribution in [0.4, 0.5) is 4.79 Å². The molecule has 4 aromatic rings. The van der Waals surface area contributed by atoms with Gasteiger partial charge in [0.05, 0.1) is 24.3 Å². The van der Waals surface area contributed by atoms with Gasteiger partial charge in [0.1, 0.15) is 18.7 Å². The molecule has 0 radical (unpaired) electrons. The Bertz CT molecular complexity index is 1730. The number of alkyl carbamates (subject to hydrolysis) is 1. The molecule has 0 saturated heterocycles. The predicted molar refractivity (Wildman–Crippen MR) is 195 cm³/mol. The maximum atomic E-state index is 14.2. The monoisotopic (exact) mass is 692 g/mol. The molecule has 6 atom stereocenters. The van der Waals surface area contributed by atoms with Gasteiger partial charge in [0, 0.05) is 13.0 Å². The van der Waals surface area contributed by atoms with Crippen LogP contribution in [0.15, 0.2) is 115 Å². The summed E-state index contributed by atoms with van der Waals surface area (Å²) in [4.78, 5) is 41.2. The number of aliphatic hydroxyl groups is 2. The topological polar surface area (TPSA) is 149 Å². The Balaban J connectivity index is 1.39. The molecule has 3 amide bonds. The zero-order valence-electron chi connectivity index (χ0n) is 29.3. The van der Waals surface area contributed by atoms with Crippen LogP contribution in [-0.4, -0.2) is 58.5 Å². The summed E-state index contributed by atoms with van der Waals surface area (Å²) in [5.74, 6) is -1.07. The molecule has 1 aliphatic carbocycles. The third-order valence-corrected chi connectivity index (χ3v) is 9.14. The van der Waals surface area contributed by atoms with E-state index in [9.17, 15) is 24.6 Å². The van der Waals surface area contributed by atoms with Crippen LogP contribution in [0.25, 0.3) is 0 Å². The second kappa shape index (κ2) is 17.3. The fraction of sp³-hybridized carbons (Fsp3) is 0.341. The first-order valence-electron chi connectivity index (χ1n) is 17.3. The number of nitrogens with one attached hydrogen (secondary N) is 4. The Morgan fingerprint density at radius 3 is 1.96 bits per heavy atom. The summed E-state index contributed by atoms with van der Waals surface area (Å²) < 4.78 is 5.43. The van der Waals surface area contributed by atoms with Crippen LogP contribution in [0.3, 0.4) is 0 Å². The summed E-state index contributed by atoms with van der Waals surface area (Å²) in [6.45, 7) is 5.75. The van der Waals surface area contributed by atoms with E-state index in [1.54, 1.807) is 0 Å². The maximum Gasteiger partial charge on any atom is 0.408 e. The Morgan fingerprint density at radius 1 is 0.765 bits per heavy atom. The van der Waals surface area contributed by atoms with Gasteiger partial charge in [-0.05, 0) is 39.7 Å².